The number of benzene rings is 3. The summed E-state index contributed by atoms with van der Waals surface area (Å²) < 4.78 is 5.22. The molecule has 3 aromatic carbocycles. The molecule has 0 spiro atoms. The minimum atomic E-state index is -0.304. The molecule has 3 aromatic rings. The molecule has 0 bridgehead atoms. The van der Waals surface area contributed by atoms with Crippen molar-refractivity contribution in [3.05, 3.63) is 100 Å². The molecule has 0 aliphatic carbocycles. The second kappa shape index (κ2) is 11.3. The van der Waals surface area contributed by atoms with Crippen molar-refractivity contribution in [1.82, 2.24) is 4.90 Å². The molecule has 0 radical (unpaired) electrons. The van der Waals surface area contributed by atoms with Gasteiger partial charge in [0.1, 0.15) is 5.75 Å². The number of halogens is 1. The van der Waals surface area contributed by atoms with Gasteiger partial charge in [-0.25, -0.2) is 4.99 Å². The Balaban J connectivity index is 1.42. The van der Waals surface area contributed by atoms with E-state index in [9.17, 15) is 9.59 Å². The number of fused-ring (bicyclic) bond motifs is 1. The first kappa shape index (κ1) is 25.9. The van der Waals surface area contributed by atoms with Crippen molar-refractivity contribution in [2.24, 2.45) is 4.99 Å². The maximum absolute atomic E-state index is 13.6. The zero-order chi connectivity index (χ0) is 26.6. The Labute approximate surface area is 230 Å². The van der Waals surface area contributed by atoms with Gasteiger partial charge in [-0.1, -0.05) is 47.6 Å². The number of nitrogens with one attached hydrogen (secondary N) is 2. The number of amides is 2. The zero-order valence-corrected chi connectivity index (χ0v) is 22.6. The van der Waals surface area contributed by atoms with Gasteiger partial charge < -0.3 is 20.3 Å². The van der Waals surface area contributed by atoms with Crippen molar-refractivity contribution in [2.75, 3.05) is 30.0 Å². The first-order valence-corrected chi connectivity index (χ1v) is 13.6. The number of aliphatic imine (C=N–C) groups is 1. The number of allylic oxidation sites excluding steroid dienone is 1. The molecular formula is C29H27ClN4O3S. The highest BCUT2D eigenvalue weighted by Crippen LogP contribution is 2.40. The van der Waals surface area contributed by atoms with Gasteiger partial charge in [-0.3, -0.25) is 9.59 Å². The summed E-state index contributed by atoms with van der Waals surface area (Å²) in [5, 5.41) is 7.25. The van der Waals surface area contributed by atoms with E-state index in [-0.39, 0.29) is 17.9 Å². The molecule has 2 aliphatic heterocycles. The van der Waals surface area contributed by atoms with Crippen LogP contribution >= 0.6 is 23.4 Å². The van der Waals surface area contributed by atoms with Crippen molar-refractivity contribution in [1.29, 1.82) is 0 Å². The third-order valence-electron chi connectivity index (χ3n) is 6.45. The molecule has 1 atom stereocenters. The predicted molar refractivity (Wildman–Crippen MR) is 154 cm³/mol. The smallest absolute Gasteiger partial charge is 0.257 e. The third-order valence-corrected chi connectivity index (χ3v) is 7.86. The molecule has 7 nitrogen and oxygen atoms in total. The lowest BCUT2D eigenvalue weighted by atomic mass is 9.93. The van der Waals surface area contributed by atoms with Crippen LogP contribution in [0.1, 0.15) is 35.3 Å². The van der Waals surface area contributed by atoms with Crippen molar-refractivity contribution in [2.45, 2.75) is 19.4 Å². The number of amidine groups is 1. The summed E-state index contributed by atoms with van der Waals surface area (Å²) in [6, 6.07) is 21.5. The highest BCUT2D eigenvalue weighted by molar-refractivity contribution is 8.13. The fraction of sp³-hybridized carbons (Fsp3) is 0.207. The monoisotopic (exact) mass is 546 g/mol. The van der Waals surface area contributed by atoms with Crippen LogP contribution in [0.25, 0.3) is 0 Å². The van der Waals surface area contributed by atoms with Crippen LogP contribution in [0.3, 0.4) is 0 Å². The Morgan fingerprint density at radius 2 is 1.63 bits per heavy atom. The van der Waals surface area contributed by atoms with Gasteiger partial charge in [-0.15, -0.1) is 0 Å². The van der Waals surface area contributed by atoms with Crippen LogP contribution in [0.4, 0.5) is 11.4 Å². The Bertz CT molecular complexity index is 1420. The van der Waals surface area contributed by atoms with Crippen molar-refractivity contribution >= 4 is 51.7 Å². The summed E-state index contributed by atoms with van der Waals surface area (Å²) in [4.78, 5) is 33.3. The van der Waals surface area contributed by atoms with Crippen LogP contribution in [-0.4, -0.2) is 41.3 Å². The van der Waals surface area contributed by atoms with Gasteiger partial charge in [-0.2, -0.15) is 0 Å². The van der Waals surface area contributed by atoms with Gasteiger partial charge >= 0.3 is 0 Å². The fourth-order valence-corrected chi connectivity index (χ4v) is 5.81. The van der Waals surface area contributed by atoms with E-state index in [1.807, 2.05) is 55.5 Å². The lowest BCUT2D eigenvalue weighted by Crippen LogP contribution is -2.43. The molecule has 1 fully saturated rings. The maximum atomic E-state index is 13.6. The number of ether oxygens (including phenoxy) is 1. The van der Waals surface area contributed by atoms with Gasteiger partial charge in [0.05, 0.1) is 35.0 Å². The molecule has 2 N–H and O–H groups in total. The van der Waals surface area contributed by atoms with E-state index in [4.69, 9.17) is 21.3 Å². The molecule has 2 aliphatic rings. The molecule has 0 aromatic heterocycles. The van der Waals surface area contributed by atoms with Crippen molar-refractivity contribution < 1.29 is 14.3 Å². The Hall–Kier alpha value is -3.75. The number of rotatable bonds is 6. The SMILES string of the molecule is COc1ccc(NC(=O)C2=C(C)N=C3SCCCN3C2c2ccc(NC(=O)c3ccccc3Cl)cc2)cc1. The van der Waals surface area contributed by atoms with Gasteiger partial charge in [0.25, 0.3) is 11.8 Å². The van der Waals surface area contributed by atoms with E-state index >= 15 is 0 Å². The summed E-state index contributed by atoms with van der Waals surface area (Å²) in [5.74, 6) is 1.23. The summed E-state index contributed by atoms with van der Waals surface area (Å²) in [7, 11) is 1.61. The molecule has 38 heavy (non-hydrogen) atoms. The Morgan fingerprint density at radius 1 is 0.974 bits per heavy atom. The second-order valence-corrected chi connectivity index (χ2v) is 10.4. The van der Waals surface area contributed by atoms with E-state index in [0.29, 0.717) is 33.2 Å². The second-order valence-electron chi connectivity index (χ2n) is 8.93. The number of carbonyl (C=O) groups is 2. The number of nitrogens with zero attached hydrogens (tertiary/aromatic N) is 2. The Kier molecular flexibility index (Phi) is 7.72. The molecule has 2 amide bonds. The zero-order valence-electron chi connectivity index (χ0n) is 21.0. The quantitative estimate of drug-likeness (QED) is 0.376. The summed E-state index contributed by atoms with van der Waals surface area (Å²) in [6.07, 6.45) is 0.999. The van der Waals surface area contributed by atoms with Crippen molar-refractivity contribution in [3.8, 4) is 5.75 Å². The van der Waals surface area contributed by atoms with Crippen LogP contribution < -0.4 is 15.4 Å². The number of anilines is 2. The third kappa shape index (κ3) is 5.42. The standard InChI is InChI=1S/C29H27ClN4O3S/c1-18-25(28(36)33-21-12-14-22(37-2)15-13-21)26(34-16-5-17-38-29(34)31-18)19-8-10-20(11-9-19)32-27(35)23-6-3-4-7-24(23)30/h3-4,6-15,26H,5,16-17H2,1-2H3,(H,32,35)(H,33,36). The molecule has 2 heterocycles. The normalized spacial score (nSPS) is 16.9. The Morgan fingerprint density at radius 3 is 2.32 bits per heavy atom. The minimum Gasteiger partial charge on any atom is -0.497 e. The van der Waals surface area contributed by atoms with Gasteiger partial charge in [0, 0.05) is 23.7 Å². The fourth-order valence-electron chi connectivity index (χ4n) is 4.57. The molecular weight excluding hydrogens is 520 g/mol. The first-order valence-electron chi connectivity index (χ1n) is 12.2. The minimum absolute atomic E-state index is 0.202. The van der Waals surface area contributed by atoms with E-state index in [0.717, 1.165) is 35.2 Å². The van der Waals surface area contributed by atoms with E-state index in [2.05, 4.69) is 15.5 Å². The largest absolute Gasteiger partial charge is 0.497 e. The summed E-state index contributed by atoms with van der Waals surface area (Å²) >= 11 is 7.89. The number of hydrogen-bond acceptors (Lipinski definition) is 6. The highest BCUT2D eigenvalue weighted by Gasteiger charge is 2.37. The molecule has 194 valence electrons. The number of hydrogen-bond donors (Lipinski definition) is 2. The van der Waals surface area contributed by atoms with Crippen molar-refractivity contribution in [3.63, 3.8) is 0 Å². The topological polar surface area (TPSA) is 83.0 Å². The highest BCUT2D eigenvalue weighted by atomic mass is 35.5. The summed E-state index contributed by atoms with van der Waals surface area (Å²) in [6.45, 7) is 2.68. The van der Waals surface area contributed by atoms with Crippen LogP contribution in [0.15, 0.2) is 89.1 Å². The van der Waals surface area contributed by atoms with Gasteiger partial charge in [0.15, 0.2) is 5.17 Å². The van der Waals surface area contributed by atoms with Crippen LogP contribution in [0.2, 0.25) is 5.02 Å². The number of thioether (sulfide) groups is 1. The first-order chi connectivity index (χ1) is 18.4. The molecule has 0 saturated carbocycles. The molecule has 1 saturated heterocycles. The average Bonchev–Trinajstić information content (AvgIpc) is 2.93. The lowest BCUT2D eigenvalue weighted by Gasteiger charge is -2.41. The van der Waals surface area contributed by atoms with E-state index in [1.165, 1.54) is 0 Å². The average molecular weight is 547 g/mol. The number of methoxy groups -OCH3 is 1. The summed E-state index contributed by atoms with van der Waals surface area (Å²) in [5.41, 5.74) is 3.96. The predicted octanol–water partition coefficient (Wildman–Crippen LogP) is 6.36. The van der Waals surface area contributed by atoms with Gasteiger partial charge in [-0.05, 0) is 67.4 Å². The van der Waals surface area contributed by atoms with Gasteiger partial charge in [0.2, 0.25) is 0 Å². The molecule has 1 unspecified atom stereocenters. The van der Waals surface area contributed by atoms with Crippen LogP contribution in [0.5, 0.6) is 5.75 Å². The molecule has 9 heteroatoms. The maximum Gasteiger partial charge on any atom is 0.257 e. The van der Waals surface area contributed by atoms with E-state index < -0.39 is 0 Å². The molecule has 5 rings (SSSR count). The van der Waals surface area contributed by atoms with Crippen LogP contribution in [0, 0.1) is 0 Å². The van der Waals surface area contributed by atoms with Crippen LogP contribution in [-0.2, 0) is 4.79 Å². The number of carbonyl (C=O) groups excluding carboxylic acids is 2. The lowest BCUT2D eigenvalue weighted by molar-refractivity contribution is -0.113. The van der Waals surface area contributed by atoms with E-state index in [1.54, 1.807) is 43.1 Å².